The van der Waals surface area contributed by atoms with E-state index in [0.717, 1.165) is 25.2 Å². The van der Waals surface area contributed by atoms with Gasteiger partial charge < -0.3 is 4.90 Å². The average molecular weight is 299 g/mol. The molecule has 0 saturated carbocycles. The van der Waals surface area contributed by atoms with E-state index < -0.39 is 0 Å². The standard InChI is InChI=1S/C17H21N3O2/c1-13(21)17-18-14-7-3-4-8-15(14)20(17)16(22)9-12-19-10-5-2-6-11-19/h3-4,7-8H,2,5-6,9-12H2,1H3. The second-order valence-corrected chi connectivity index (χ2v) is 5.86. The molecule has 116 valence electrons. The summed E-state index contributed by atoms with van der Waals surface area (Å²) in [6.45, 7) is 4.34. The molecule has 1 aliphatic heterocycles. The van der Waals surface area contributed by atoms with Gasteiger partial charge in [0.1, 0.15) is 0 Å². The molecule has 2 aromatic rings. The van der Waals surface area contributed by atoms with Crippen LogP contribution in [0.4, 0.5) is 0 Å². The zero-order chi connectivity index (χ0) is 15.5. The Morgan fingerprint density at radius 1 is 1.14 bits per heavy atom. The lowest BCUT2D eigenvalue weighted by molar-refractivity contribution is 0.0862. The Morgan fingerprint density at radius 3 is 2.59 bits per heavy atom. The minimum atomic E-state index is -0.178. The Balaban J connectivity index is 1.83. The highest BCUT2D eigenvalue weighted by molar-refractivity contribution is 6.01. The molecule has 0 aliphatic carbocycles. The van der Waals surface area contributed by atoms with Crippen LogP contribution in [0.1, 0.15) is 48.0 Å². The Bertz CT molecular complexity index is 699. The maximum absolute atomic E-state index is 12.6. The van der Waals surface area contributed by atoms with Crippen LogP contribution < -0.4 is 0 Å². The van der Waals surface area contributed by atoms with Crippen LogP contribution in [0, 0.1) is 0 Å². The molecular weight excluding hydrogens is 278 g/mol. The monoisotopic (exact) mass is 299 g/mol. The third-order valence-electron chi connectivity index (χ3n) is 4.22. The Morgan fingerprint density at radius 2 is 1.86 bits per heavy atom. The quantitative estimate of drug-likeness (QED) is 0.815. The number of carbonyl (C=O) groups is 2. The van der Waals surface area contributed by atoms with Crippen molar-refractivity contribution in [3.05, 3.63) is 30.1 Å². The summed E-state index contributed by atoms with van der Waals surface area (Å²) in [5.41, 5.74) is 1.41. The molecule has 0 amide bonds. The van der Waals surface area contributed by atoms with Crippen LogP contribution in [0.5, 0.6) is 0 Å². The maximum Gasteiger partial charge on any atom is 0.234 e. The number of ketones is 1. The summed E-state index contributed by atoms with van der Waals surface area (Å²) in [4.78, 5) is 31.1. The van der Waals surface area contributed by atoms with E-state index in [2.05, 4.69) is 9.88 Å². The predicted molar refractivity (Wildman–Crippen MR) is 85.3 cm³/mol. The van der Waals surface area contributed by atoms with Crippen LogP contribution in [-0.2, 0) is 0 Å². The van der Waals surface area contributed by atoms with Crippen LogP contribution in [0.2, 0.25) is 0 Å². The number of Topliss-reactive ketones (excluding diaryl/α,β-unsaturated/α-hetero) is 1. The zero-order valence-electron chi connectivity index (χ0n) is 12.9. The molecule has 1 saturated heterocycles. The van der Waals surface area contributed by atoms with E-state index in [4.69, 9.17) is 0 Å². The van der Waals surface area contributed by atoms with Crippen molar-refractivity contribution < 1.29 is 9.59 Å². The molecule has 1 fully saturated rings. The molecule has 0 atom stereocenters. The lowest BCUT2D eigenvalue weighted by Crippen LogP contribution is -2.32. The van der Waals surface area contributed by atoms with Gasteiger partial charge in [0.15, 0.2) is 11.6 Å². The number of rotatable bonds is 4. The highest BCUT2D eigenvalue weighted by Crippen LogP contribution is 2.17. The Kier molecular flexibility index (Phi) is 4.34. The number of piperidine rings is 1. The molecule has 0 bridgehead atoms. The van der Waals surface area contributed by atoms with Gasteiger partial charge in [-0.1, -0.05) is 18.6 Å². The molecule has 0 N–H and O–H groups in total. The van der Waals surface area contributed by atoms with E-state index in [1.165, 1.54) is 30.8 Å². The summed E-state index contributed by atoms with van der Waals surface area (Å²) >= 11 is 0. The fraction of sp³-hybridized carbons (Fsp3) is 0.471. The van der Waals surface area contributed by atoms with E-state index in [9.17, 15) is 9.59 Å². The summed E-state index contributed by atoms with van der Waals surface area (Å²) in [5.74, 6) is 0.0110. The van der Waals surface area contributed by atoms with Gasteiger partial charge in [0.25, 0.3) is 0 Å². The van der Waals surface area contributed by atoms with E-state index in [0.29, 0.717) is 11.9 Å². The molecule has 1 aromatic heterocycles. The van der Waals surface area contributed by atoms with Crippen LogP contribution in [0.25, 0.3) is 11.0 Å². The van der Waals surface area contributed by atoms with Crippen LogP contribution >= 0.6 is 0 Å². The number of nitrogens with zero attached hydrogens (tertiary/aromatic N) is 3. The van der Waals surface area contributed by atoms with Gasteiger partial charge >= 0.3 is 0 Å². The van der Waals surface area contributed by atoms with Gasteiger partial charge in [0.05, 0.1) is 11.0 Å². The lowest BCUT2D eigenvalue weighted by atomic mass is 10.1. The number of imidazole rings is 1. The van der Waals surface area contributed by atoms with E-state index >= 15 is 0 Å². The minimum Gasteiger partial charge on any atom is -0.303 e. The van der Waals surface area contributed by atoms with Crippen LogP contribution in [0.3, 0.4) is 0 Å². The number of benzene rings is 1. The fourth-order valence-electron chi connectivity index (χ4n) is 3.06. The van der Waals surface area contributed by atoms with E-state index in [1.54, 1.807) is 0 Å². The summed E-state index contributed by atoms with van der Waals surface area (Å²) in [7, 11) is 0. The molecule has 3 rings (SSSR count). The van der Waals surface area contributed by atoms with Crippen molar-refractivity contribution in [2.24, 2.45) is 0 Å². The number of carbonyl (C=O) groups excluding carboxylic acids is 2. The molecular formula is C17H21N3O2. The first-order chi connectivity index (χ1) is 10.7. The maximum atomic E-state index is 12.6. The highest BCUT2D eigenvalue weighted by Gasteiger charge is 2.20. The molecule has 0 radical (unpaired) electrons. The first-order valence-corrected chi connectivity index (χ1v) is 7.91. The van der Waals surface area contributed by atoms with Gasteiger partial charge in [-0.25, -0.2) is 4.98 Å². The molecule has 0 spiro atoms. The zero-order valence-corrected chi connectivity index (χ0v) is 12.9. The summed E-state index contributed by atoms with van der Waals surface area (Å²) in [6.07, 6.45) is 4.12. The largest absolute Gasteiger partial charge is 0.303 e. The van der Waals surface area contributed by atoms with Crippen molar-refractivity contribution in [2.45, 2.75) is 32.6 Å². The normalized spacial score (nSPS) is 16.0. The molecule has 5 nitrogen and oxygen atoms in total. The lowest BCUT2D eigenvalue weighted by Gasteiger charge is -2.26. The van der Waals surface area contributed by atoms with E-state index in [1.807, 2.05) is 24.3 Å². The first kappa shape index (κ1) is 14.9. The molecule has 0 unspecified atom stereocenters. The van der Waals surface area contributed by atoms with Crippen molar-refractivity contribution in [1.29, 1.82) is 0 Å². The summed E-state index contributed by atoms with van der Waals surface area (Å²) in [5, 5.41) is 0. The molecule has 5 heteroatoms. The molecule has 1 aromatic carbocycles. The highest BCUT2D eigenvalue weighted by atomic mass is 16.2. The number of likely N-dealkylation sites (tertiary alicyclic amines) is 1. The van der Waals surface area contributed by atoms with Crippen molar-refractivity contribution in [3.8, 4) is 0 Å². The first-order valence-electron chi connectivity index (χ1n) is 7.91. The van der Waals surface area contributed by atoms with Gasteiger partial charge in [-0.15, -0.1) is 0 Å². The number of fused-ring (bicyclic) bond motifs is 1. The molecule has 22 heavy (non-hydrogen) atoms. The Hall–Kier alpha value is -2.01. The van der Waals surface area contributed by atoms with Crippen LogP contribution in [-0.4, -0.2) is 45.8 Å². The average Bonchev–Trinajstić information content (AvgIpc) is 2.93. The fourth-order valence-corrected chi connectivity index (χ4v) is 3.06. The van der Waals surface area contributed by atoms with Gasteiger partial charge in [-0.3, -0.25) is 14.2 Å². The third kappa shape index (κ3) is 2.95. The van der Waals surface area contributed by atoms with Crippen molar-refractivity contribution >= 4 is 22.7 Å². The summed E-state index contributed by atoms with van der Waals surface area (Å²) < 4.78 is 1.49. The second-order valence-electron chi connectivity index (χ2n) is 5.86. The number of para-hydroxylation sites is 2. The second kappa shape index (κ2) is 6.40. The third-order valence-corrected chi connectivity index (χ3v) is 4.22. The molecule has 1 aliphatic rings. The van der Waals surface area contributed by atoms with Crippen LogP contribution in [0.15, 0.2) is 24.3 Å². The number of hydrogen-bond donors (Lipinski definition) is 0. The van der Waals surface area contributed by atoms with Gasteiger partial charge in [-0.2, -0.15) is 0 Å². The van der Waals surface area contributed by atoms with Gasteiger partial charge in [0, 0.05) is 19.9 Å². The van der Waals surface area contributed by atoms with E-state index in [-0.39, 0.29) is 17.5 Å². The number of aromatic nitrogens is 2. The van der Waals surface area contributed by atoms with Crippen molar-refractivity contribution in [2.75, 3.05) is 19.6 Å². The topological polar surface area (TPSA) is 55.2 Å². The van der Waals surface area contributed by atoms with Gasteiger partial charge in [0.2, 0.25) is 5.91 Å². The summed E-state index contributed by atoms with van der Waals surface area (Å²) in [6, 6.07) is 7.40. The van der Waals surface area contributed by atoms with Crippen molar-refractivity contribution in [3.63, 3.8) is 0 Å². The number of hydrogen-bond acceptors (Lipinski definition) is 4. The Labute approximate surface area is 129 Å². The predicted octanol–water partition coefficient (Wildman–Crippen LogP) is 2.76. The minimum absolute atomic E-state index is 0.0514. The van der Waals surface area contributed by atoms with Crippen molar-refractivity contribution in [1.82, 2.24) is 14.5 Å². The van der Waals surface area contributed by atoms with Gasteiger partial charge in [-0.05, 0) is 38.1 Å². The SMILES string of the molecule is CC(=O)c1nc2ccccc2n1C(=O)CCN1CCCCC1. The smallest absolute Gasteiger partial charge is 0.234 e. The molecule has 2 heterocycles.